The molecule has 0 saturated heterocycles. The van der Waals surface area contributed by atoms with Crippen molar-refractivity contribution in [3.05, 3.63) is 74.0 Å². The number of hydrogen-bond acceptors (Lipinski definition) is 3. The van der Waals surface area contributed by atoms with Crippen molar-refractivity contribution in [1.29, 1.82) is 0 Å². The normalized spacial score (nSPS) is 10.2. The van der Waals surface area contributed by atoms with Crippen LogP contribution in [0.25, 0.3) is 0 Å². The first kappa shape index (κ1) is 15.1. The van der Waals surface area contributed by atoms with Crippen LogP contribution in [0.3, 0.4) is 0 Å². The summed E-state index contributed by atoms with van der Waals surface area (Å²) in [6.45, 7) is -0.0501. The lowest BCUT2D eigenvalue weighted by Gasteiger charge is -2.07. The van der Waals surface area contributed by atoms with Gasteiger partial charge >= 0.3 is 0 Å². The van der Waals surface area contributed by atoms with E-state index in [-0.39, 0.29) is 17.8 Å². The zero-order chi connectivity index (χ0) is 15.4. The van der Waals surface area contributed by atoms with Crippen LogP contribution >= 0.6 is 15.9 Å². The molecule has 1 N–H and O–H groups in total. The van der Waals surface area contributed by atoms with E-state index in [9.17, 15) is 19.3 Å². The molecule has 0 saturated carbocycles. The van der Waals surface area contributed by atoms with Gasteiger partial charge in [0.25, 0.3) is 11.6 Å². The minimum atomic E-state index is -0.663. The van der Waals surface area contributed by atoms with Crippen LogP contribution in [-0.4, -0.2) is 10.8 Å². The average molecular weight is 353 g/mol. The van der Waals surface area contributed by atoms with Gasteiger partial charge in [-0.1, -0.05) is 34.1 Å². The molecule has 108 valence electrons. The monoisotopic (exact) mass is 352 g/mol. The minimum absolute atomic E-state index is 0.0501. The summed E-state index contributed by atoms with van der Waals surface area (Å²) >= 11 is 3.10. The Kier molecular flexibility index (Phi) is 4.64. The van der Waals surface area contributed by atoms with Crippen LogP contribution in [0.4, 0.5) is 10.1 Å². The van der Waals surface area contributed by atoms with Gasteiger partial charge in [0.2, 0.25) is 0 Å². The predicted octanol–water partition coefficient (Wildman–Crippen LogP) is 3.43. The van der Waals surface area contributed by atoms with E-state index in [0.29, 0.717) is 10.0 Å². The van der Waals surface area contributed by atoms with Crippen molar-refractivity contribution in [3.63, 3.8) is 0 Å². The van der Waals surface area contributed by atoms with Crippen LogP contribution in [0.15, 0.2) is 46.9 Å². The van der Waals surface area contributed by atoms with Crippen molar-refractivity contribution in [1.82, 2.24) is 5.32 Å². The van der Waals surface area contributed by atoms with Gasteiger partial charge in [-0.15, -0.1) is 0 Å². The summed E-state index contributed by atoms with van der Waals surface area (Å²) in [7, 11) is 0. The molecule has 0 heterocycles. The molecule has 2 aromatic carbocycles. The number of nitro groups is 1. The van der Waals surface area contributed by atoms with Gasteiger partial charge in [0.05, 0.1) is 10.5 Å². The van der Waals surface area contributed by atoms with Gasteiger partial charge in [0, 0.05) is 22.6 Å². The number of hydrogen-bond donors (Lipinski definition) is 1. The lowest BCUT2D eigenvalue weighted by molar-refractivity contribution is -0.385. The molecule has 2 rings (SSSR count). The van der Waals surface area contributed by atoms with Crippen LogP contribution in [0.5, 0.6) is 0 Å². The van der Waals surface area contributed by atoms with Gasteiger partial charge in [0.15, 0.2) is 0 Å². The molecule has 0 aliphatic rings. The topological polar surface area (TPSA) is 72.2 Å². The number of benzene rings is 2. The van der Waals surface area contributed by atoms with E-state index in [2.05, 4.69) is 21.2 Å². The molecule has 0 unspecified atom stereocenters. The summed E-state index contributed by atoms with van der Waals surface area (Å²) in [5.74, 6) is -1.29. The molecular weight excluding hydrogens is 343 g/mol. The highest BCUT2D eigenvalue weighted by Gasteiger charge is 2.15. The predicted molar refractivity (Wildman–Crippen MR) is 78.4 cm³/mol. The molecule has 2 aromatic rings. The van der Waals surface area contributed by atoms with Gasteiger partial charge < -0.3 is 5.32 Å². The van der Waals surface area contributed by atoms with Crippen LogP contribution in [-0.2, 0) is 6.54 Å². The summed E-state index contributed by atoms with van der Waals surface area (Å²) in [6.07, 6.45) is 0. The summed E-state index contributed by atoms with van der Waals surface area (Å²) in [5.41, 5.74) is 0.152. The fourth-order valence-corrected chi connectivity index (χ4v) is 2.12. The Hall–Kier alpha value is -2.28. The molecule has 1 amide bonds. The average Bonchev–Trinajstić information content (AvgIpc) is 2.45. The van der Waals surface area contributed by atoms with Gasteiger partial charge in [0.1, 0.15) is 5.82 Å². The fourth-order valence-electron chi connectivity index (χ4n) is 1.78. The number of rotatable bonds is 4. The Morgan fingerprint density at radius 3 is 2.67 bits per heavy atom. The maximum absolute atomic E-state index is 13.6. The van der Waals surface area contributed by atoms with Crippen molar-refractivity contribution in [2.75, 3.05) is 0 Å². The van der Waals surface area contributed by atoms with E-state index in [1.54, 1.807) is 12.1 Å². The van der Waals surface area contributed by atoms with E-state index in [1.807, 2.05) is 0 Å². The Morgan fingerprint density at radius 1 is 1.29 bits per heavy atom. The first-order valence-corrected chi connectivity index (χ1v) is 6.74. The number of nitrogens with one attached hydrogen (secondary N) is 1. The second-order valence-electron chi connectivity index (χ2n) is 4.19. The maximum Gasteiger partial charge on any atom is 0.274 e. The van der Waals surface area contributed by atoms with Gasteiger partial charge in [-0.05, 0) is 18.2 Å². The quantitative estimate of drug-likeness (QED) is 0.676. The molecule has 0 spiro atoms. The molecule has 0 radical (unpaired) electrons. The largest absolute Gasteiger partial charge is 0.348 e. The highest BCUT2D eigenvalue weighted by atomic mass is 79.9. The summed E-state index contributed by atoms with van der Waals surface area (Å²) in [4.78, 5) is 22.2. The van der Waals surface area contributed by atoms with E-state index in [1.165, 1.54) is 30.3 Å². The lowest BCUT2D eigenvalue weighted by Crippen LogP contribution is -2.24. The van der Waals surface area contributed by atoms with Crippen molar-refractivity contribution >= 4 is 27.5 Å². The molecule has 5 nitrogen and oxygen atoms in total. The molecule has 0 aromatic heterocycles. The molecule has 0 atom stereocenters. The molecule has 0 fully saturated rings. The van der Waals surface area contributed by atoms with Crippen LogP contribution in [0.1, 0.15) is 15.9 Å². The van der Waals surface area contributed by atoms with Gasteiger partial charge in [-0.2, -0.15) is 0 Å². The zero-order valence-electron chi connectivity index (χ0n) is 10.7. The summed E-state index contributed by atoms with van der Waals surface area (Å²) in [6, 6.07) is 10.1. The van der Waals surface area contributed by atoms with Crippen molar-refractivity contribution in [2.45, 2.75) is 6.54 Å². The van der Waals surface area contributed by atoms with Crippen molar-refractivity contribution in [2.24, 2.45) is 0 Å². The van der Waals surface area contributed by atoms with E-state index >= 15 is 0 Å². The second kappa shape index (κ2) is 6.45. The number of para-hydroxylation sites is 1. The van der Waals surface area contributed by atoms with Crippen molar-refractivity contribution < 1.29 is 14.1 Å². The molecule has 7 heteroatoms. The first-order chi connectivity index (χ1) is 9.99. The number of carbonyl (C=O) groups is 1. The molecule has 0 aliphatic carbocycles. The van der Waals surface area contributed by atoms with E-state index < -0.39 is 16.6 Å². The molecule has 0 bridgehead atoms. The highest BCUT2D eigenvalue weighted by Crippen LogP contribution is 2.18. The van der Waals surface area contributed by atoms with Crippen LogP contribution < -0.4 is 5.32 Å². The highest BCUT2D eigenvalue weighted by molar-refractivity contribution is 9.10. The molecule has 0 aliphatic heterocycles. The lowest BCUT2D eigenvalue weighted by atomic mass is 10.1. The standard InChI is InChI=1S/C14H10BrFN2O3/c15-10-5-6-11(12(16)7-10)14(19)17-8-9-3-1-2-4-13(9)18(20)21/h1-7H,8H2,(H,17,19). The van der Waals surface area contributed by atoms with E-state index in [0.717, 1.165) is 0 Å². The molecule has 21 heavy (non-hydrogen) atoms. The summed E-state index contributed by atoms with van der Waals surface area (Å²) in [5, 5.41) is 13.3. The van der Waals surface area contributed by atoms with Crippen molar-refractivity contribution in [3.8, 4) is 0 Å². The third-order valence-corrected chi connectivity index (χ3v) is 3.30. The fraction of sp³-hybridized carbons (Fsp3) is 0.0714. The van der Waals surface area contributed by atoms with Gasteiger partial charge in [-0.25, -0.2) is 4.39 Å². The van der Waals surface area contributed by atoms with Gasteiger partial charge in [-0.3, -0.25) is 14.9 Å². The molecular formula is C14H10BrFN2O3. The number of nitro benzene ring substituents is 1. The third-order valence-electron chi connectivity index (χ3n) is 2.80. The SMILES string of the molecule is O=C(NCc1ccccc1[N+](=O)[O-])c1ccc(Br)cc1F. The first-order valence-electron chi connectivity index (χ1n) is 5.94. The summed E-state index contributed by atoms with van der Waals surface area (Å²) < 4.78 is 14.2. The number of halogens is 2. The Balaban J connectivity index is 2.13. The Morgan fingerprint density at radius 2 is 2.00 bits per heavy atom. The zero-order valence-corrected chi connectivity index (χ0v) is 12.3. The third kappa shape index (κ3) is 3.63. The number of nitrogens with zero attached hydrogens (tertiary/aromatic N) is 1. The van der Waals surface area contributed by atoms with E-state index in [4.69, 9.17) is 0 Å². The van der Waals surface area contributed by atoms with Crippen LogP contribution in [0, 0.1) is 15.9 Å². The minimum Gasteiger partial charge on any atom is -0.348 e. The number of amides is 1. The second-order valence-corrected chi connectivity index (χ2v) is 5.11. The number of carbonyl (C=O) groups excluding carboxylic acids is 1. The Bertz CT molecular complexity index is 706. The van der Waals surface area contributed by atoms with Crippen LogP contribution in [0.2, 0.25) is 0 Å². The Labute approximate surface area is 128 Å². The maximum atomic E-state index is 13.6. The smallest absolute Gasteiger partial charge is 0.274 e.